The van der Waals surface area contributed by atoms with Gasteiger partial charge in [0, 0.05) is 26.3 Å². The molecule has 3 heterocycles. The first-order valence-corrected chi connectivity index (χ1v) is 10.1. The van der Waals surface area contributed by atoms with Crippen molar-refractivity contribution in [3.05, 3.63) is 60.2 Å². The number of rotatable bonds is 6. The Morgan fingerprint density at radius 3 is 2.59 bits per heavy atom. The van der Waals surface area contributed by atoms with Gasteiger partial charge in [-0.05, 0) is 68.4 Å². The molecule has 1 aliphatic heterocycles. The molecule has 0 aliphatic carbocycles. The van der Waals surface area contributed by atoms with Crippen LogP contribution in [0.2, 0.25) is 0 Å². The second-order valence-electron chi connectivity index (χ2n) is 7.47. The van der Waals surface area contributed by atoms with E-state index in [1.807, 2.05) is 29.9 Å². The van der Waals surface area contributed by atoms with Crippen LogP contribution < -0.4 is 5.32 Å². The smallest absolute Gasteiger partial charge is 0.270 e. The first kappa shape index (κ1) is 19.4. The van der Waals surface area contributed by atoms with Gasteiger partial charge in [0.15, 0.2) is 0 Å². The number of hydrogen-bond donors (Lipinski definition) is 1. The van der Waals surface area contributed by atoms with Crippen LogP contribution in [-0.4, -0.2) is 51.3 Å². The van der Waals surface area contributed by atoms with Gasteiger partial charge in [0.2, 0.25) is 0 Å². The molecule has 7 heteroatoms. The van der Waals surface area contributed by atoms with Crippen molar-refractivity contribution in [1.82, 2.24) is 24.6 Å². The zero-order chi connectivity index (χ0) is 20.2. The number of likely N-dealkylation sites (tertiary alicyclic amines) is 1. The Morgan fingerprint density at radius 1 is 1.14 bits per heavy atom. The number of aryl methyl sites for hydroxylation is 1. The number of amides is 1. The summed E-state index contributed by atoms with van der Waals surface area (Å²) in [6, 6.07) is 11.7. The van der Waals surface area contributed by atoms with Crippen molar-refractivity contribution in [2.24, 2.45) is 7.05 Å². The second kappa shape index (κ2) is 8.61. The number of hydrogen-bond acceptors (Lipinski definition) is 3. The zero-order valence-corrected chi connectivity index (χ0v) is 16.6. The van der Waals surface area contributed by atoms with E-state index in [-0.39, 0.29) is 11.7 Å². The monoisotopic (exact) mass is 395 g/mol. The van der Waals surface area contributed by atoms with Crippen LogP contribution in [0.1, 0.15) is 29.8 Å². The van der Waals surface area contributed by atoms with Gasteiger partial charge in [-0.1, -0.05) is 6.42 Å². The third kappa shape index (κ3) is 4.40. The number of nitrogens with zero attached hydrogens (tertiary/aromatic N) is 4. The standard InChI is InChI=1S/C22H26FN5O/c1-26-12-5-6-20(26)19-16-21(28(25-19)18-9-7-17(23)8-10-18)22(29)24-11-15-27-13-3-2-4-14-27/h5-10,12,16H,2-4,11,13-15H2,1H3,(H,24,29). The molecule has 4 rings (SSSR count). The highest BCUT2D eigenvalue weighted by molar-refractivity contribution is 5.94. The maximum absolute atomic E-state index is 13.4. The predicted octanol–water partition coefficient (Wildman–Crippen LogP) is 3.23. The van der Waals surface area contributed by atoms with Crippen molar-refractivity contribution in [3.8, 4) is 17.1 Å². The van der Waals surface area contributed by atoms with E-state index in [1.54, 1.807) is 22.9 Å². The molecule has 2 aromatic heterocycles. The summed E-state index contributed by atoms with van der Waals surface area (Å²) in [5.74, 6) is -0.504. The molecule has 1 N–H and O–H groups in total. The largest absolute Gasteiger partial charge is 0.349 e. The van der Waals surface area contributed by atoms with E-state index < -0.39 is 0 Å². The van der Waals surface area contributed by atoms with E-state index >= 15 is 0 Å². The SMILES string of the molecule is Cn1cccc1-c1cc(C(=O)NCCN2CCCCC2)n(-c2ccc(F)cc2)n1. The summed E-state index contributed by atoms with van der Waals surface area (Å²) in [7, 11) is 1.94. The van der Waals surface area contributed by atoms with Gasteiger partial charge in [-0.3, -0.25) is 4.79 Å². The topological polar surface area (TPSA) is 55.1 Å². The molecule has 152 valence electrons. The molecular formula is C22H26FN5O. The van der Waals surface area contributed by atoms with Gasteiger partial charge in [0.25, 0.3) is 5.91 Å². The van der Waals surface area contributed by atoms with Crippen molar-refractivity contribution in [3.63, 3.8) is 0 Å². The summed E-state index contributed by atoms with van der Waals surface area (Å²) in [5.41, 5.74) is 2.69. The van der Waals surface area contributed by atoms with Crippen LogP contribution in [-0.2, 0) is 7.05 Å². The fourth-order valence-corrected chi connectivity index (χ4v) is 3.78. The summed E-state index contributed by atoms with van der Waals surface area (Å²) in [4.78, 5) is 15.3. The third-order valence-electron chi connectivity index (χ3n) is 5.38. The fraction of sp³-hybridized carbons (Fsp3) is 0.364. The van der Waals surface area contributed by atoms with Crippen LogP contribution in [0.3, 0.4) is 0 Å². The highest BCUT2D eigenvalue weighted by Gasteiger charge is 2.19. The number of nitrogens with one attached hydrogen (secondary N) is 1. The number of piperidine rings is 1. The first-order valence-electron chi connectivity index (χ1n) is 10.1. The van der Waals surface area contributed by atoms with Crippen molar-refractivity contribution in [2.75, 3.05) is 26.2 Å². The van der Waals surface area contributed by atoms with E-state index in [0.29, 0.717) is 23.6 Å². The fourth-order valence-electron chi connectivity index (χ4n) is 3.78. The minimum atomic E-state index is -0.323. The maximum Gasteiger partial charge on any atom is 0.270 e. The first-order chi connectivity index (χ1) is 14.1. The Balaban J connectivity index is 1.56. The van der Waals surface area contributed by atoms with Gasteiger partial charge in [0.1, 0.15) is 17.2 Å². The molecule has 29 heavy (non-hydrogen) atoms. The van der Waals surface area contributed by atoms with E-state index in [2.05, 4.69) is 15.3 Å². The number of aromatic nitrogens is 3. The Hall–Kier alpha value is -2.93. The Morgan fingerprint density at radius 2 is 1.90 bits per heavy atom. The molecule has 0 unspecified atom stereocenters. The molecule has 0 spiro atoms. The van der Waals surface area contributed by atoms with Crippen LogP contribution in [0.25, 0.3) is 17.1 Å². The number of halogens is 1. The molecule has 0 saturated carbocycles. The lowest BCUT2D eigenvalue weighted by Crippen LogP contribution is -2.38. The van der Waals surface area contributed by atoms with Crippen LogP contribution >= 0.6 is 0 Å². The van der Waals surface area contributed by atoms with Crippen LogP contribution in [0, 0.1) is 5.82 Å². The Bertz CT molecular complexity index is 970. The molecule has 1 fully saturated rings. The summed E-state index contributed by atoms with van der Waals surface area (Å²) in [6.45, 7) is 3.63. The van der Waals surface area contributed by atoms with Crippen LogP contribution in [0.4, 0.5) is 4.39 Å². The molecular weight excluding hydrogens is 369 g/mol. The maximum atomic E-state index is 13.4. The lowest BCUT2D eigenvalue weighted by molar-refractivity contribution is 0.0939. The van der Waals surface area contributed by atoms with Crippen molar-refractivity contribution in [2.45, 2.75) is 19.3 Å². The van der Waals surface area contributed by atoms with E-state index in [1.165, 1.54) is 31.4 Å². The van der Waals surface area contributed by atoms with E-state index in [4.69, 9.17) is 0 Å². The average molecular weight is 395 g/mol. The minimum absolute atomic E-state index is 0.181. The highest BCUT2D eigenvalue weighted by atomic mass is 19.1. The van der Waals surface area contributed by atoms with Crippen molar-refractivity contribution in [1.29, 1.82) is 0 Å². The average Bonchev–Trinajstić information content (AvgIpc) is 3.35. The molecule has 6 nitrogen and oxygen atoms in total. The minimum Gasteiger partial charge on any atom is -0.349 e. The van der Waals surface area contributed by atoms with Crippen LogP contribution in [0.5, 0.6) is 0 Å². The van der Waals surface area contributed by atoms with E-state index in [0.717, 1.165) is 25.3 Å². The number of carbonyl (C=O) groups excluding carboxylic acids is 1. The molecule has 0 atom stereocenters. The van der Waals surface area contributed by atoms with E-state index in [9.17, 15) is 9.18 Å². The Labute approximate surface area is 169 Å². The number of benzene rings is 1. The third-order valence-corrected chi connectivity index (χ3v) is 5.38. The lowest BCUT2D eigenvalue weighted by atomic mass is 10.1. The number of carbonyl (C=O) groups is 1. The normalized spacial score (nSPS) is 14.8. The summed E-state index contributed by atoms with van der Waals surface area (Å²) in [5, 5.41) is 7.65. The molecule has 1 aliphatic rings. The van der Waals surface area contributed by atoms with Crippen molar-refractivity contribution < 1.29 is 9.18 Å². The predicted molar refractivity (Wildman–Crippen MR) is 111 cm³/mol. The van der Waals surface area contributed by atoms with Gasteiger partial charge in [0.05, 0.1) is 11.4 Å². The van der Waals surface area contributed by atoms with Gasteiger partial charge in [-0.15, -0.1) is 0 Å². The summed E-state index contributed by atoms with van der Waals surface area (Å²) < 4.78 is 16.9. The molecule has 1 saturated heterocycles. The molecule has 3 aromatic rings. The van der Waals surface area contributed by atoms with Gasteiger partial charge in [-0.25, -0.2) is 9.07 Å². The highest BCUT2D eigenvalue weighted by Crippen LogP contribution is 2.22. The molecule has 0 bridgehead atoms. The van der Waals surface area contributed by atoms with Gasteiger partial charge in [-0.2, -0.15) is 5.10 Å². The van der Waals surface area contributed by atoms with Crippen LogP contribution in [0.15, 0.2) is 48.7 Å². The molecule has 1 amide bonds. The second-order valence-corrected chi connectivity index (χ2v) is 7.47. The summed E-state index contributed by atoms with van der Waals surface area (Å²) in [6.07, 6.45) is 5.68. The van der Waals surface area contributed by atoms with Gasteiger partial charge < -0.3 is 14.8 Å². The lowest BCUT2D eigenvalue weighted by Gasteiger charge is -2.26. The molecule has 0 radical (unpaired) electrons. The summed E-state index contributed by atoms with van der Waals surface area (Å²) >= 11 is 0. The van der Waals surface area contributed by atoms with Gasteiger partial charge >= 0.3 is 0 Å². The Kier molecular flexibility index (Phi) is 5.76. The van der Waals surface area contributed by atoms with Crippen molar-refractivity contribution >= 4 is 5.91 Å². The molecule has 1 aromatic carbocycles. The zero-order valence-electron chi connectivity index (χ0n) is 16.6. The quantitative estimate of drug-likeness (QED) is 0.697.